The van der Waals surface area contributed by atoms with E-state index >= 15 is 0 Å². The first-order chi connectivity index (χ1) is 20.8. The van der Waals surface area contributed by atoms with E-state index in [1.165, 1.54) is 87.8 Å². The minimum Gasteiger partial charge on any atom is -0.466 e. The molecule has 0 aliphatic heterocycles. The molecule has 0 heterocycles. The maximum atomic E-state index is 11.6. The van der Waals surface area contributed by atoms with Crippen LogP contribution in [0.5, 0.6) is 0 Å². The average molecular weight is 609 g/mol. The van der Waals surface area contributed by atoms with Crippen molar-refractivity contribution in [2.75, 3.05) is 7.11 Å². The minimum atomic E-state index is -2.80. The Morgan fingerprint density at radius 3 is 1.67 bits per heavy atom. The van der Waals surface area contributed by atoms with Gasteiger partial charge < -0.3 is 14.3 Å². The number of aliphatic hydroxyl groups excluding tert-OH is 1. The van der Waals surface area contributed by atoms with Gasteiger partial charge in [-0.1, -0.05) is 171 Å². The number of unbranched alkanes of at least 4 members (excludes halogenated alkanes) is 11. The first-order valence-corrected chi connectivity index (χ1v) is 18.9. The predicted octanol–water partition coefficient (Wildman–Crippen LogP) is 8.89. The molecule has 43 heavy (non-hydrogen) atoms. The van der Waals surface area contributed by atoms with Crippen LogP contribution >= 0.6 is 0 Å². The van der Waals surface area contributed by atoms with Crippen LogP contribution in [-0.4, -0.2) is 38.7 Å². The Morgan fingerprint density at radius 1 is 0.767 bits per heavy atom. The number of carbonyl (C=O) groups is 1. The number of aliphatic hydroxyl groups is 1. The number of allylic oxidation sites excluding steroid dienone is 1. The van der Waals surface area contributed by atoms with Gasteiger partial charge in [0, 0.05) is 6.08 Å². The molecule has 0 radical (unpaired) electrons. The molecule has 0 fully saturated rings. The number of esters is 1. The standard InChI is InChI=1S/C38H60O4Si/c1-6-7-8-9-10-11-12-13-14-15-16-23-31-36(35(39)30-24-25-32-37(40)41-5)42-43(38(2,3)4,33-26-19-17-20-27-33)34-28-21-18-22-29-34/h17-22,25-29,32,35-36,39H,6-16,23-24,30-31H2,1-5H3/b32-25+/t35-,36-/m1/s1. The summed E-state index contributed by atoms with van der Waals surface area (Å²) in [7, 11) is -1.42. The molecule has 2 aromatic carbocycles. The Morgan fingerprint density at radius 2 is 1.23 bits per heavy atom. The highest BCUT2D eigenvalue weighted by Gasteiger charge is 2.52. The van der Waals surface area contributed by atoms with E-state index in [0.717, 1.165) is 19.3 Å². The zero-order valence-electron chi connectivity index (χ0n) is 27.9. The van der Waals surface area contributed by atoms with Crippen LogP contribution in [0, 0.1) is 0 Å². The van der Waals surface area contributed by atoms with E-state index in [1.54, 1.807) is 6.08 Å². The van der Waals surface area contributed by atoms with Gasteiger partial charge in [-0.3, -0.25) is 0 Å². The number of ether oxygens (including phenoxy) is 1. The molecule has 1 N–H and O–H groups in total. The molecule has 4 nitrogen and oxygen atoms in total. The van der Waals surface area contributed by atoms with Gasteiger partial charge in [-0.2, -0.15) is 0 Å². The van der Waals surface area contributed by atoms with Crippen molar-refractivity contribution in [2.45, 2.75) is 141 Å². The van der Waals surface area contributed by atoms with E-state index in [2.05, 4.69) is 88.4 Å². The highest BCUT2D eigenvalue weighted by Crippen LogP contribution is 2.38. The zero-order valence-corrected chi connectivity index (χ0v) is 28.9. The Hall–Kier alpha value is -2.21. The fourth-order valence-electron chi connectivity index (χ4n) is 6.14. The topological polar surface area (TPSA) is 55.8 Å². The van der Waals surface area contributed by atoms with Gasteiger partial charge in [-0.25, -0.2) is 4.79 Å². The van der Waals surface area contributed by atoms with E-state index < -0.39 is 14.4 Å². The Labute approximate surface area is 264 Å². The van der Waals surface area contributed by atoms with Gasteiger partial charge in [-0.15, -0.1) is 0 Å². The fourth-order valence-corrected chi connectivity index (χ4v) is 10.9. The van der Waals surface area contributed by atoms with Crippen molar-refractivity contribution in [2.24, 2.45) is 0 Å². The lowest BCUT2D eigenvalue weighted by Gasteiger charge is -2.46. The summed E-state index contributed by atoms with van der Waals surface area (Å²) in [6.45, 7) is 9.12. The molecule has 2 aromatic rings. The van der Waals surface area contributed by atoms with Gasteiger partial charge in [0.25, 0.3) is 8.32 Å². The van der Waals surface area contributed by atoms with Gasteiger partial charge in [0.05, 0.1) is 19.3 Å². The third-order valence-electron chi connectivity index (χ3n) is 8.60. The quantitative estimate of drug-likeness (QED) is 0.0628. The minimum absolute atomic E-state index is 0.158. The van der Waals surface area contributed by atoms with Crippen LogP contribution in [0.15, 0.2) is 72.8 Å². The Bertz CT molecular complexity index is 976. The van der Waals surface area contributed by atoms with Crippen molar-refractivity contribution >= 4 is 24.7 Å². The number of carbonyl (C=O) groups excluding carboxylic acids is 1. The summed E-state index contributed by atoms with van der Waals surface area (Å²) >= 11 is 0. The summed E-state index contributed by atoms with van der Waals surface area (Å²) < 4.78 is 12.1. The molecule has 0 bridgehead atoms. The van der Waals surface area contributed by atoms with Crippen LogP contribution in [0.1, 0.15) is 124 Å². The molecule has 0 unspecified atom stereocenters. The normalized spacial score (nSPS) is 13.7. The van der Waals surface area contributed by atoms with E-state index in [1.807, 2.05) is 0 Å². The first-order valence-electron chi connectivity index (χ1n) is 17.0. The summed E-state index contributed by atoms with van der Waals surface area (Å²) in [6.07, 6.45) is 19.9. The number of hydrogen-bond donors (Lipinski definition) is 1. The second kappa shape index (κ2) is 20.7. The summed E-state index contributed by atoms with van der Waals surface area (Å²) in [4.78, 5) is 11.6. The third-order valence-corrected chi connectivity index (χ3v) is 13.7. The number of methoxy groups -OCH3 is 1. The molecule has 0 saturated carbocycles. The highest BCUT2D eigenvalue weighted by atomic mass is 28.4. The van der Waals surface area contributed by atoms with Crippen molar-refractivity contribution in [1.29, 1.82) is 0 Å². The van der Waals surface area contributed by atoms with E-state index in [0.29, 0.717) is 12.8 Å². The maximum absolute atomic E-state index is 11.6. The molecule has 0 saturated heterocycles. The lowest BCUT2D eigenvalue weighted by atomic mass is 10.0. The molecule has 0 aliphatic rings. The number of hydrogen-bond acceptors (Lipinski definition) is 4. The zero-order chi connectivity index (χ0) is 31.4. The second-order valence-corrected chi connectivity index (χ2v) is 17.3. The van der Waals surface area contributed by atoms with Gasteiger partial charge in [0.2, 0.25) is 0 Å². The SMILES string of the molecule is CCCCCCCCCCCCCC[C@@H](O[Si](c1ccccc1)(c1ccccc1)C(C)(C)C)[C@H](O)CC/C=C/C(=O)OC. The fraction of sp³-hybridized carbons (Fsp3) is 0.605. The van der Waals surface area contributed by atoms with Crippen molar-refractivity contribution in [1.82, 2.24) is 0 Å². The first kappa shape index (κ1) is 37.0. The summed E-state index contributed by atoms with van der Waals surface area (Å²) in [6, 6.07) is 21.3. The van der Waals surface area contributed by atoms with E-state index in [4.69, 9.17) is 9.16 Å². The van der Waals surface area contributed by atoms with Crippen LogP contribution in [0.3, 0.4) is 0 Å². The molecular weight excluding hydrogens is 549 g/mol. The third kappa shape index (κ3) is 12.7. The molecule has 0 amide bonds. The summed E-state index contributed by atoms with van der Waals surface area (Å²) in [5, 5.41) is 13.9. The summed E-state index contributed by atoms with van der Waals surface area (Å²) in [5.41, 5.74) is 0. The van der Waals surface area contributed by atoms with Gasteiger partial charge in [-0.05, 0) is 34.7 Å². The van der Waals surface area contributed by atoms with Crippen LogP contribution in [0.2, 0.25) is 5.04 Å². The smallest absolute Gasteiger partial charge is 0.330 e. The lowest BCUT2D eigenvalue weighted by Crippen LogP contribution is -2.68. The van der Waals surface area contributed by atoms with E-state index in [9.17, 15) is 9.90 Å². The predicted molar refractivity (Wildman–Crippen MR) is 185 cm³/mol. The summed E-state index contributed by atoms with van der Waals surface area (Å²) in [5.74, 6) is -0.369. The lowest BCUT2D eigenvalue weighted by molar-refractivity contribution is -0.134. The largest absolute Gasteiger partial charge is 0.466 e. The second-order valence-electron chi connectivity index (χ2n) is 13.1. The van der Waals surface area contributed by atoms with Crippen LogP contribution in [-0.2, 0) is 14.0 Å². The van der Waals surface area contributed by atoms with Crippen molar-refractivity contribution in [3.8, 4) is 0 Å². The Kier molecular flexibility index (Phi) is 17.8. The molecular formula is C38H60O4Si. The molecule has 2 rings (SSSR count). The van der Waals surface area contributed by atoms with Crippen LogP contribution < -0.4 is 10.4 Å². The van der Waals surface area contributed by atoms with Gasteiger partial charge in [0.1, 0.15) is 0 Å². The van der Waals surface area contributed by atoms with Crippen LogP contribution in [0.25, 0.3) is 0 Å². The van der Waals surface area contributed by atoms with Crippen molar-refractivity contribution in [3.63, 3.8) is 0 Å². The van der Waals surface area contributed by atoms with Crippen molar-refractivity contribution < 1.29 is 19.1 Å². The van der Waals surface area contributed by atoms with Gasteiger partial charge >= 0.3 is 5.97 Å². The molecule has 0 aromatic heterocycles. The van der Waals surface area contributed by atoms with E-state index in [-0.39, 0.29) is 17.1 Å². The monoisotopic (exact) mass is 608 g/mol. The van der Waals surface area contributed by atoms with Crippen LogP contribution in [0.4, 0.5) is 0 Å². The van der Waals surface area contributed by atoms with Crippen molar-refractivity contribution in [3.05, 3.63) is 72.8 Å². The molecule has 0 aliphatic carbocycles. The number of rotatable bonds is 22. The average Bonchev–Trinajstić information content (AvgIpc) is 3.01. The highest BCUT2D eigenvalue weighted by molar-refractivity contribution is 6.99. The van der Waals surface area contributed by atoms with Gasteiger partial charge in [0.15, 0.2) is 0 Å². The number of benzene rings is 2. The molecule has 5 heteroatoms. The Balaban J connectivity index is 2.14. The molecule has 2 atom stereocenters. The molecule has 240 valence electrons. The maximum Gasteiger partial charge on any atom is 0.330 e. The molecule has 0 spiro atoms.